The minimum absolute atomic E-state index is 0.732. The van der Waals surface area contributed by atoms with E-state index in [0.29, 0.717) is 0 Å². The second kappa shape index (κ2) is 4.23. The zero-order valence-electron chi connectivity index (χ0n) is 9.61. The molecule has 0 aliphatic carbocycles. The van der Waals surface area contributed by atoms with E-state index in [1.54, 1.807) is 0 Å². The average molecular weight is 208 g/mol. The molecule has 0 bridgehead atoms. The first kappa shape index (κ1) is 10.5. The zero-order valence-corrected chi connectivity index (χ0v) is 9.61. The number of hydrogen-bond acceptors (Lipinski definition) is 3. The van der Waals surface area contributed by atoms with Gasteiger partial charge in [0, 0.05) is 18.8 Å². The fraction of sp³-hybridized carbons (Fsp3) is 0.727. The van der Waals surface area contributed by atoms with Crippen molar-refractivity contribution in [2.24, 2.45) is 0 Å². The van der Waals surface area contributed by atoms with Crippen molar-refractivity contribution in [1.82, 2.24) is 14.7 Å². The summed E-state index contributed by atoms with van der Waals surface area (Å²) in [5.74, 6) is 0. The van der Waals surface area contributed by atoms with E-state index in [4.69, 9.17) is 5.73 Å². The molecule has 4 heteroatoms. The first-order valence-electron chi connectivity index (χ1n) is 5.66. The quantitative estimate of drug-likeness (QED) is 0.813. The predicted molar refractivity (Wildman–Crippen MR) is 61.6 cm³/mol. The number of hydrogen-bond donors (Lipinski definition) is 1. The van der Waals surface area contributed by atoms with E-state index in [9.17, 15) is 0 Å². The molecule has 0 spiro atoms. The lowest BCUT2D eigenvalue weighted by molar-refractivity contribution is 0.283. The Kier molecular flexibility index (Phi) is 2.95. The van der Waals surface area contributed by atoms with Crippen molar-refractivity contribution in [1.29, 1.82) is 0 Å². The van der Waals surface area contributed by atoms with Gasteiger partial charge in [-0.05, 0) is 39.8 Å². The molecular weight excluding hydrogens is 188 g/mol. The van der Waals surface area contributed by atoms with Gasteiger partial charge in [0.25, 0.3) is 0 Å². The third kappa shape index (κ3) is 2.31. The normalized spacial score (nSPS) is 22.4. The van der Waals surface area contributed by atoms with E-state index in [1.807, 2.05) is 17.8 Å². The Morgan fingerprint density at radius 3 is 2.93 bits per heavy atom. The molecule has 1 aromatic heterocycles. The first-order valence-corrected chi connectivity index (χ1v) is 5.66. The second-order valence-electron chi connectivity index (χ2n) is 4.50. The van der Waals surface area contributed by atoms with Crippen molar-refractivity contribution in [3.8, 4) is 0 Å². The van der Waals surface area contributed by atoms with Crippen LogP contribution in [0.4, 0.5) is 5.69 Å². The largest absolute Gasteiger partial charge is 0.396 e. The molecule has 1 unspecified atom stereocenters. The molecule has 1 aromatic rings. The summed E-state index contributed by atoms with van der Waals surface area (Å²) >= 11 is 0. The highest BCUT2D eigenvalue weighted by Gasteiger charge is 2.20. The smallest absolute Gasteiger partial charge is 0.0822 e. The summed E-state index contributed by atoms with van der Waals surface area (Å²) in [5, 5.41) is 4.37. The summed E-state index contributed by atoms with van der Waals surface area (Å²) < 4.78 is 1.97. The Labute approximate surface area is 91.1 Å². The number of likely N-dealkylation sites (tertiary alicyclic amines) is 1. The minimum atomic E-state index is 0.732. The molecule has 1 aliphatic rings. The van der Waals surface area contributed by atoms with Gasteiger partial charge in [0.05, 0.1) is 11.4 Å². The van der Waals surface area contributed by atoms with Gasteiger partial charge in [-0.3, -0.25) is 4.68 Å². The molecule has 1 fully saturated rings. The van der Waals surface area contributed by atoms with Crippen molar-refractivity contribution >= 4 is 5.69 Å². The first-order chi connectivity index (χ1) is 7.16. The topological polar surface area (TPSA) is 47.1 Å². The van der Waals surface area contributed by atoms with Crippen LogP contribution in [0.25, 0.3) is 0 Å². The van der Waals surface area contributed by atoms with E-state index in [1.165, 1.54) is 25.8 Å². The Bertz CT molecular complexity index is 312. The Balaban J connectivity index is 1.87. The number of nitrogens with zero attached hydrogens (tertiary/aromatic N) is 3. The van der Waals surface area contributed by atoms with Crippen LogP contribution in [-0.2, 0) is 6.54 Å². The van der Waals surface area contributed by atoms with Crippen LogP contribution in [0.15, 0.2) is 6.20 Å². The van der Waals surface area contributed by atoms with Crippen molar-refractivity contribution in [3.63, 3.8) is 0 Å². The fourth-order valence-electron chi connectivity index (χ4n) is 2.27. The molecule has 2 N–H and O–H groups in total. The number of aromatic nitrogens is 2. The summed E-state index contributed by atoms with van der Waals surface area (Å²) in [5.41, 5.74) is 7.50. The molecule has 2 rings (SSSR count). The van der Waals surface area contributed by atoms with Crippen LogP contribution in [0, 0.1) is 6.92 Å². The van der Waals surface area contributed by atoms with Crippen molar-refractivity contribution < 1.29 is 0 Å². The summed E-state index contributed by atoms with van der Waals surface area (Å²) in [6.07, 6.45) is 5.77. The highest BCUT2D eigenvalue weighted by Crippen LogP contribution is 2.18. The van der Waals surface area contributed by atoms with Crippen LogP contribution in [0.1, 0.15) is 25.0 Å². The van der Waals surface area contributed by atoms with Gasteiger partial charge in [0.2, 0.25) is 0 Å². The molecule has 0 amide bonds. The van der Waals surface area contributed by atoms with Crippen LogP contribution >= 0.6 is 0 Å². The highest BCUT2D eigenvalue weighted by atomic mass is 15.3. The van der Waals surface area contributed by atoms with Gasteiger partial charge < -0.3 is 10.6 Å². The lowest BCUT2D eigenvalue weighted by Crippen LogP contribution is -2.26. The van der Waals surface area contributed by atoms with Crippen LogP contribution < -0.4 is 5.73 Å². The maximum atomic E-state index is 5.76. The molecule has 0 radical (unpaired) electrons. The average Bonchev–Trinajstić information content (AvgIpc) is 2.72. The molecule has 1 atom stereocenters. The monoisotopic (exact) mass is 208 g/mol. The standard InChI is InChI=1S/C11H20N4/c1-9-11(12)8-15(13-9)7-5-10-4-3-6-14(10)2/h8,10H,3-7,12H2,1-2H3. The predicted octanol–water partition coefficient (Wildman–Crippen LogP) is 1.26. The molecule has 0 aromatic carbocycles. The third-order valence-electron chi connectivity index (χ3n) is 3.35. The van der Waals surface area contributed by atoms with Crippen molar-refractivity contribution in [2.45, 2.75) is 38.8 Å². The summed E-state index contributed by atoms with van der Waals surface area (Å²) in [6, 6.07) is 0.732. The third-order valence-corrected chi connectivity index (χ3v) is 3.35. The highest BCUT2D eigenvalue weighted by molar-refractivity contribution is 5.39. The Morgan fingerprint density at radius 2 is 2.40 bits per heavy atom. The number of aryl methyl sites for hydroxylation is 2. The van der Waals surface area contributed by atoms with Gasteiger partial charge >= 0.3 is 0 Å². The van der Waals surface area contributed by atoms with Gasteiger partial charge in [-0.15, -0.1) is 0 Å². The summed E-state index contributed by atoms with van der Waals surface area (Å²) in [7, 11) is 2.21. The van der Waals surface area contributed by atoms with E-state index in [-0.39, 0.29) is 0 Å². The van der Waals surface area contributed by atoms with E-state index in [0.717, 1.165) is 24.0 Å². The maximum Gasteiger partial charge on any atom is 0.0822 e. The van der Waals surface area contributed by atoms with Crippen molar-refractivity contribution in [3.05, 3.63) is 11.9 Å². The SMILES string of the molecule is Cc1nn(CCC2CCCN2C)cc1N. The maximum absolute atomic E-state index is 5.76. The van der Waals surface area contributed by atoms with Crippen LogP contribution in [0.3, 0.4) is 0 Å². The van der Waals surface area contributed by atoms with Gasteiger partial charge in [0.15, 0.2) is 0 Å². The van der Waals surface area contributed by atoms with E-state index in [2.05, 4.69) is 17.0 Å². The number of nitrogen functional groups attached to an aromatic ring is 1. The Hall–Kier alpha value is -1.03. The summed E-state index contributed by atoms with van der Waals surface area (Å²) in [4.78, 5) is 2.44. The second-order valence-corrected chi connectivity index (χ2v) is 4.50. The number of anilines is 1. The van der Waals surface area contributed by atoms with Gasteiger partial charge in [-0.2, -0.15) is 5.10 Å². The van der Waals surface area contributed by atoms with Gasteiger partial charge in [-0.1, -0.05) is 0 Å². The minimum Gasteiger partial charge on any atom is -0.396 e. The van der Waals surface area contributed by atoms with Crippen molar-refractivity contribution in [2.75, 3.05) is 19.3 Å². The lowest BCUT2D eigenvalue weighted by Gasteiger charge is -2.18. The Morgan fingerprint density at radius 1 is 1.60 bits per heavy atom. The van der Waals surface area contributed by atoms with Crippen LogP contribution in [-0.4, -0.2) is 34.3 Å². The molecule has 0 saturated carbocycles. The molecule has 1 saturated heterocycles. The van der Waals surface area contributed by atoms with Gasteiger partial charge in [-0.25, -0.2) is 0 Å². The van der Waals surface area contributed by atoms with E-state index < -0.39 is 0 Å². The molecule has 84 valence electrons. The fourth-order valence-corrected chi connectivity index (χ4v) is 2.27. The van der Waals surface area contributed by atoms with Gasteiger partial charge in [0.1, 0.15) is 0 Å². The zero-order chi connectivity index (χ0) is 10.8. The van der Waals surface area contributed by atoms with Crippen LogP contribution in [0.2, 0.25) is 0 Å². The molecule has 15 heavy (non-hydrogen) atoms. The van der Waals surface area contributed by atoms with Crippen LogP contribution in [0.5, 0.6) is 0 Å². The van der Waals surface area contributed by atoms with E-state index >= 15 is 0 Å². The number of nitrogens with two attached hydrogens (primary N) is 1. The molecule has 1 aliphatic heterocycles. The number of rotatable bonds is 3. The molecule has 4 nitrogen and oxygen atoms in total. The lowest BCUT2D eigenvalue weighted by atomic mass is 10.1. The molecular formula is C11H20N4. The summed E-state index contributed by atoms with van der Waals surface area (Å²) in [6.45, 7) is 4.17. The molecule has 2 heterocycles.